The summed E-state index contributed by atoms with van der Waals surface area (Å²) < 4.78 is 5.39. The molecule has 5 nitrogen and oxygen atoms in total. The van der Waals surface area contributed by atoms with E-state index in [0.717, 1.165) is 0 Å². The number of ether oxygens (including phenoxy) is 1. The molecule has 0 fully saturated rings. The maximum atomic E-state index is 11.2. The van der Waals surface area contributed by atoms with E-state index in [1.54, 1.807) is 30.3 Å². The summed E-state index contributed by atoms with van der Waals surface area (Å²) in [6.07, 6.45) is 0. The second kappa shape index (κ2) is 4.80. The van der Waals surface area contributed by atoms with Gasteiger partial charge in [-0.2, -0.15) is 0 Å². The van der Waals surface area contributed by atoms with Gasteiger partial charge in [0.05, 0.1) is 5.56 Å². The van der Waals surface area contributed by atoms with Gasteiger partial charge in [-0.25, -0.2) is 0 Å². The predicted molar refractivity (Wildman–Crippen MR) is 62.1 cm³/mol. The van der Waals surface area contributed by atoms with E-state index in [0.29, 0.717) is 5.75 Å². The van der Waals surface area contributed by atoms with Crippen LogP contribution in [-0.2, 0) is 0 Å². The molecule has 1 aromatic carbocycles. The van der Waals surface area contributed by atoms with Crippen molar-refractivity contribution in [2.75, 3.05) is 0 Å². The summed E-state index contributed by atoms with van der Waals surface area (Å²) in [5, 5.41) is 7.61. The van der Waals surface area contributed by atoms with Gasteiger partial charge in [-0.1, -0.05) is 23.7 Å². The summed E-state index contributed by atoms with van der Waals surface area (Å²) in [4.78, 5) is 11.2. The van der Waals surface area contributed by atoms with Gasteiger partial charge < -0.3 is 10.5 Å². The van der Waals surface area contributed by atoms with E-state index in [1.807, 2.05) is 0 Å². The third kappa shape index (κ3) is 2.70. The van der Waals surface area contributed by atoms with E-state index in [9.17, 15) is 4.79 Å². The first-order chi connectivity index (χ1) is 8.16. The van der Waals surface area contributed by atoms with Gasteiger partial charge in [-0.15, -0.1) is 10.2 Å². The zero-order chi connectivity index (χ0) is 12.3. The number of nitrogens with two attached hydrogens (primary N) is 1. The normalized spacial score (nSPS) is 9.94. The number of rotatable bonds is 3. The van der Waals surface area contributed by atoms with Crippen LogP contribution in [-0.4, -0.2) is 16.1 Å². The Hall–Kier alpha value is -2.14. The average molecular weight is 250 g/mol. The van der Waals surface area contributed by atoms with E-state index >= 15 is 0 Å². The quantitative estimate of drug-likeness (QED) is 0.903. The first-order valence-electron chi connectivity index (χ1n) is 4.73. The van der Waals surface area contributed by atoms with Gasteiger partial charge in [0, 0.05) is 6.07 Å². The molecule has 0 aliphatic rings. The Labute approximate surface area is 102 Å². The van der Waals surface area contributed by atoms with Gasteiger partial charge in [0.1, 0.15) is 5.75 Å². The molecule has 1 amide bonds. The second-order valence-corrected chi connectivity index (χ2v) is 3.54. The van der Waals surface area contributed by atoms with Gasteiger partial charge >= 0.3 is 0 Å². The summed E-state index contributed by atoms with van der Waals surface area (Å²) in [5.41, 5.74) is 5.50. The Balaban J connectivity index is 2.30. The van der Waals surface area contributed by atoms with Crippen molar-refractivity contribution >= 4 is 17.5 Å². The fraction of sp³-hybridized carbons (Fsp3) is 0. The zero-order valence-corrected chi connectivity index (χ0v) is 9.39. The minimum Gasteiger partial charge on any atom is -0.437 e. The number of hydrogen-bond acceptors (Lipinski definition) is 4. The number of primary amides is 1. The molecule has 0 atom stereocenters. The standard InChI is InChI=1S/C11H8ClN3O2/c12-9-5-6-10(15-14-9)17-8-4-2-1-3-7(8)11(13)16/h1-6H,(H2,13,16). The summed E-state index contributed by atoms with van der Waals surface area (Å²) in [6, 6.07) is 9.70. The summed E-state index contributed by atoms with van der Waals surface area (Å²) >= 11 is 5.59. The maximum absolute atomic E-state index is 11.2. The molecule has 1 heterocycles. The summed E-state index contributed by atoms with van der Waals surface area (Å²) in [6.45, 7) is 0. The summed E-state index contributed by atoms with van der Waals surface area (Å²) in [7, 11) is 0. The molecule has 0 radical (unpaired) electrons. The Morgan fingerprint density at radius 1 is 1.18 bits per heavy atom. The molecule has 0 saturated heterocycles. The van der Waals surface area contributed by atoms with Gasteiger partial charge in [0.15, 0.2) is 5.15 Å². The minimum absolute atomic E-state index is 0.239. The number of carbonyl (C=O) groups is 1. The molecular formula is C11H8ClN3O2. The van der Waals surface area contributed by atoms with Crippen molar-refractivity contribution in [2.24, 2.45) is 5.73 Å². The van der Waals surface area contributed by atoms with E-state index in [-0.39, 0.29) is 16.6 Å². The van der Waals surface area contributed by atoms with Gasteiger partial charge in [-0.05, 0) is 18.2 Å². The van der Waals surface area contributed by atoms with Crippen LogP contribution in [0.5, 0.6) is 11.6 Å². The average Bonchev–Trinajstić information content (AvgIpc) is 2.32. The van der Waals surface area contributed by atoms with Crippen LogP contribution in [0.2, 0.25) is 5.15 Å². The number of nitrogens with zero attached hydrogens (tertiary/aromatic N) is 2. The smallest absolute Gasteiger partial charge is 0.252 e. The molecule has 86 valence electrons. The molecule has 0 unspecified atom stereocenters. The van der Waals surface area contributed by atoms with Crippen LogP contribution >= 0.6 is 11.6 Å². The third-order valence-corrected chi connectivity index (χ3v) is 2.18. The lowest BCUT2D eigenvalue weighted by Gasteiger charge is -2.07. The molecule has 0 aliphatic carbocycles. The zero-order valence-electron chi connectivity index (χ0n) is 8.63. The van der Waals surface area contributed by atoms with Crippen molar-refractivity contribution in [3.8, 4) is 11.6 Å². The Bertz CT molecular complexity index is 543. The highest BCUT2D eigenvalue weighted by Gasteiger charge is 2.09. The molecule has 0 saturated carbocycles. The van der Waals surface area contributed by atoms with Crippen molar-refractivity contribution in [3.05, 3.63) is 47.1 Å². The van der Waals surface area contributed by atoms with Crippen molar-refractivity contribution in [1.29, 1.82) is 0 Å². The van der Waals surface area contributed by atoms with Crippen LogP contribution in [0.1, 0.15) is 10.4 Å². The number of para-hydroxylation sites is 1. The highest BCUT2D eigenvalue weighted by molar-refractivity contribution is 6.29. The number of carbonyl (C=O) groups excluding carboxylic acids is 1. The molecule has 17 heavy (non-hydrogen) atoms. The van der Waals surface area contributed by atoms with Crippen LogP contribution < -0.4 is 10.5 Å². The van der Waals surface area contributed by atoms with Crippen molar-refractivity contribution < 1.29 is 9.53 Å². The molecule has 2 aromatic rings. The number of amides is 1. The van der Waals surface area contributed by atoms with E-state index in [4.69, 9.17) is 22.1 Å². The molecule has 6 heteroatoms. The van der Waals surface area contributed by atoms with E-state index in [1.165, 1.54) is 6.07 Å². The topological polar surface area (TPSA) is 78.1 Å². The first-order valence-corrected chi connectivity index (χ1v) is 5.10. The SMILES string of the molecule is NC(=O)c1ccccc1Oc1ccc(Cl)nn1. The Morgan fingerprint density at radius 2 is 1.94 bits per heavy atom. The molecule has 2 rings (SSSR count). The Kier molecular flexibility index (Phi) is 3.20. The molecule has 0 aliphatic heterocycles. The van der Waals surface area contributed by atoms with Crippen LogP contribution in [0.3, 0.4) is 0 Å². The van der Waals surface area contributed by atoms with Crippen molar-refractivity contribution in [1.82, 2.24) is 10.2 Å². The van der Waals surface area contributed by atoms with Crippen LogP contribution in [0, 0.1) is 0 Å². The predicted octanol–water partition coefficient (Wildman–Crippen LogP) is 2.02. The molecular weight excluding hydrogens is 242 g/mol. The molecule has 0 spiro atoms. The fourth-order valence-corrected chi connectivity index (χ4v) is 1.33. The van der Waals surface area contributed by atoms with Crippen molar-refractivity contribution in [3.63, 3.8) is 0 Å². The lowest BCUT2D eigenvalue weighted by molar-refractivity contribution is 0.0998. The van der Waals surface area contributed by atoms with Gasteiger partial charge in [0.25, 0.3) is 5.91 Å². The number of benzene rings is 1. The number of hydrogen-bond donors (Lipinski definition) is 1. The van der Waals surface area contributed by atoms with E-state index in [2.05, 4.69) is 10.2 Å². The Morgan fingerprint density at radius 3 is 2.59 bits per heavy atom. The van der Waals surface area contributed by atoms with Crippen LogP contribution in [0.4, 0.5) is 0 Å². The number of halogens is 1. The largest absolute Gasteiger partial charge is 0.437 e. The molecule has 2 N–H and O–H groups in total. The van der Waals surface area contributed by atoms with Crippen LogP contribution in [0.25, 0.3) is 0 Å². The lowest BCUT2D eigenvalue weighted by atomic mass is 10.2. The van der Waals surface area contributed by atoms with Crippen molar-refractivity contribution in [2.45, 2.75) is 0 Å². The highest BCUT2D eigenvalue weighted by Crippen LogP contribution is 2.23. The maximum Gasteiger partial charge on any atom is 0.252 e. The fourth-order valence-electron chi connectivity index (χ4n) is 1.23. The third-order valence-electron chi connectivity index (χ3n) is 1.97. The second-order valence-electron chi connectivity index (χ2n) is 3.16. The molecule has 1 aromatic heterocycles. The lowest BCUT2D eigenvalue weighted by Crippen LogP contribution is -2.12. The highest BCUT2D eigenvalue weighted by atomic mass is 35.5. The molecule has 0 bridgehead atoms. The van der Waals surface area contributed by atoms with Crippen LogP contribution in [0.15, 0.2) is 36.4 Å². The first kappa shape index (κ1) is 11.3. The number of aromatic nitrogens is 2. The van der Waals surface area contributed by atoms with Gasteiger partial charge in [0.2, 0.25) is 5.88 Å². The minimum atomic E-state index is -0.567. The van der Waals surface area contributed by atoms with E-state index < -0.39 is 5.91 Å². The van der Waals surface area contributed by atoms with Gasteiger partial charge in [-0.3, -0.25) is 4.79 Å². The monoisotopic (exact) mass is 249 g/mol. The summed E-state index contributed by atoms with van der Waals surface area (Å²) in [5.74, 6) is 0.00208.